The van der Waals surface area contributed by atoms with Crippen LogP contribution in [0, 0.1) is 6.92 Å². The molecule has 3 rings (SSSR count). The first-order valence-corrected chi connectivity index (χ1v) is 7.49. The molecular weight excluding hydrogens is 353 g/mol. The van der Waals surface area contributed by atoms with Crippen LogP contribution in [0.1, 0.15) is 40.4 Å². The molecule has 0 radical (unpaired) electrons. The number of nitrogens with one attached hydrogen (secondary N) is 1. The standard InChI is InChI=1S/C16H13F3N4O3/c1-7(9-3-5-10(6-4-9)16(17,18)19)23-13-11(12(22-23)15(25)26)14(24)21-8(2)20-13/h3-7H,1-2H3,(H,25,26)(H,20,21,24)/t7-/m0/s1. The Morgan fingerprint density at radius 3 is 2.42 bits per heavy atom. The van der Waals surface area contributed by atoms with E-state index in [1.807, 2.05) is 0 Å². The molecule has 10 heteroatoms. The lowest BCUT2D eigenvalue weighted by atomic mass is 10.1. The van der Waals surface area contributed by atoms with E-state index in [1.54, 1.807) is 6.92 Å². The molecule has 1 aromatic carbocycles. The monoisotopic (exact) mass is 366 g/mol. The van der Waals surface area contributed by atoms with Crippen LogP contribution in [-0.4, -0.2) is 30.8 Å². The SMILES string of the molecule is Cc1nc2c(c(C(=O)O)nn2[C@@H](C)c2ccc(C(F)(F)F)cc2)c(=O)[nH]1. The van der Waals surface area contributed by atoms with Gasteiger partial charge >= 0.3 is 12.1 Å². The maximum atomic E-state index is 12.7. The summed E-state index contributed by atoms with van der Waals surface area (Å²) in [5, 5.41) is 13.1. The lowest BCUT2D eigenvalue weighted by Gasteiger charge is -2.15. The van der Waals surface area contributed by atoms with Crippen LogP contribution in [0.4, 0.5) is 13.2 Å². The zero-order chi connectivity index (χ0) is 19.2. The molecule has 2 aromatic heterocycles. The number of hydrogen-bond donors (Lipinski definition) is 2. The summed E-state index contributed by atoms with van der Waals surface area (Å²) in [6, 6.07) is 3.78. The highest BCUT2D eigenvalue weighted by molar-refractivity contribution is 5.99. The molecule has 26 heavy (non-hydrogen) atoms. The van der Waals surface area contributed by atoms with Crippen molar-refractivity contribution >= 4 is 17.0 Å². The fourth-order valence-electron chi connectivity index (χ4n) is 2.67. The number of aromatic carboxylic acids is 1. The number of aromatic amines is 1. The maximum absolute atomic E-state index is 12.7. The van der Waals surface area contributed by atoms with Gasteiger partial charge in [-0.25, -0.2) is 14.5 Å². The van der Waals surface area contributed by atoms with Gasteiger partial charge in [0.25, 0.3) is 5.56 Å². The van der Waals surface area contributed by atoms with Crippen molar-refractivity contribution in [3.63, 3.8) is 0 Å². The van der Waals surface area contributed by atoms with E-state index in [0.717, 1.165) is 12.1 Å². The Hall–Kier alpha value is -3.17. The number of carbonyl (C=O) groups is 1. The fourth-order valence-corrected chi connectivity index (χ4v) is 2.67. The zero-order valence-corrected chi connectivity index (χ0v) is 13.6. The normalized spacial score (nSPS) is 13.1. The number of carboxylic acids is 1. The second-order valence-electron chi connectivity index (χ2n) is 5.74. The van der Waals surface area contributed by atoms with Crippen molar-refractivity contribution in [2.45, 2.75) is 26.1 Å². The Bertz CT molecular complexity index is 1050. The molecule has 0 fully saturated rings. The first-order valence-electron chi connectivity index (χ1n) is 7.49. The Morgan fingerprint density at radius 2 is 1.88 bits per heavy atom. The number of carboxylic acid groups (broad SMARTS) is 1. The minimum atomic E-state index is -4.46. The van der Waals surface area contributed by atoms with Crippen LogP contribution in [0.2, 0.25) is 0 Å². The summed E-state index contributed by atoms with van der Waals surface area (Å²) in [5.41, 5.74) is -1.39. The van der Waals surface area contributed by atoms with Gasteiger partial charge in [0.1, 0.15) is 11.2 Å². The summed E-state index contributed by atoms with van der Waals surface area (Å²) in [6.07, 6.45) is -4.46. The number of aryl methyl sites for hydroxylation is 1. The van der Waals surface area contributed by atoms with E-state index >= 15 is 0 Å². The molecule has 0 saturated carbocycles. The van der Waals surface area contributed by atoms with Gasteiger partial charge in [-0.2, -0.15) is 18.3 Å². The van der Waals surface area contributed by atoms with E-state index in [9.17, 15) is 27.9 Å². The van der Waals surface area contributed by atoms with Crippen molar-refractivity contribution < 1.29 is 23.1 Å². The lowest BCUT2D eigenvalue weighted by molar-refractivity contribution is -0.137. The molecule has 2 heterocycles. The number of halogens is 3. The topological polar surface area (TPSA) is 101 Å². The molecule has 0 bridgehead atoms. The van der Waals surface area contributed by atoms with Crippen LogP contribution in [0.15, 0.2) is 29.1 Å². The first kappa shape index (κ1) is 17.6. The third-order valence-electron chi connectivity index (χ3n) is 3.97. The van der Waals surface area contributed by atoms with Crippen LogP contribution < -0.4 is 5.56 Å². The number of nitrogens with zero attached hydrogens (tertiary/aromatic N) is 3. The van der Waals surface area contributed by atoms with Gasteiger partial charge in [-0.1, -0.05) is 12.1 Å². The molecule has 136 valence electrons. The summed E-state index contributed by atoms with van der Waals surface area (Å²) in [6.45, 7) is 3.15. The summed E-state index contributed by atoms with van der Waals surface area (Å²) in [7, 11) is 0. The van der Waals surface area contributed by atoms with Crippen molar-refractivity contribution in [3.05, 3.63) is 57.3 Å². The minimum absolute atomic E-state index is 0.0519. The predicted octanol–water partition coefficient (Wildman–Crippen LogP) is 2.75. The Kier molecular flexibility index (Phi) is 4.05. The summed E-state index contributed by atoms with van der Waals surface area (Å²) in [4.78, 5) is 30.1. The number of hydrogen-bond acceptors (Lipinski definition) is 4. The van der Waals surface area contributed by atoms with E-state index in [-0.39, 0.29) is 16.9 Å². The number of alkyl halides is 3. The molecule has 3 aromatic rings. The Labute approximate surface area is 144 Å². The van der Waals surface area contributed by atoms with Gasteiger partial charge < -0.3 is 10.1 Å². The summed E-state index contributed by atoms with van der Waals surface area (Å²) in [5.74, 6) is -1.13. The third kappa shape index (κ3) is 2.93. The molecule has 7 nitrogen and oxygen atoms in total. The van der Waals surface area contributed by atoms with Crippen LogP contribution >= 0.6 is 0 Å². The van der Waals surface area contributed by atoms with Gasteiger partial charge in [-0.15, -0.1) is 0 Å². The molecule has 0 aliphatic heterocycles. The molecule has 1 atom stereocenters. The minimum Gasteiger partial charge on any atom is -0.476 e. The van der Waals surface area contributed by atoms with Crippen LogP contribution in [-0.2, 0) is 6.18 Å². The maximum Gasteiger partial charge on any atom is 0.416 e. The van der Waals surface area contributed by atoms with Crippen LogP contribution in [0.5, 0.6) is 0 Å². The van der Waals surface area contributed by atoms with Gasteiger partial charge in [0.05, 0.1) is 11.6 Å². The fraction of sp³-hybridized carbons (Fsp3) is 0.250. The number of rotatable bonds is 3. The molecule has 0 unspecified atom stereocenters. The molecule has 0 saturated heterocycles. The smallest absolute Gasteiger partial charge is 0.416 e. The van der Waals surface area contributed by atoms with Crippen molar-refractivity contribution in [2.24, 2.45) is 0 Å². The average molecular weight is 366 g/mol. The zero-order valence-electron chi connectivity index (χ0n) is 13.6. The van der Waals surface area contributed by atoms with Gasteiger partial charge in [0, 0.05) is 0 Å². The van der Waals surface area contributed by atoms with Crippen molar-refractivity contribution in [1.29, 1.82) is 0 Å². The lowest BCUT2D eigenvalue weighted by Crippen LogP contribution is -2.14. The summed E-state index contributed by atoms with van der Waals surface area (Å²) >= 11 is 0. The molecule has 0 aliphatic rings. The second kappa shape index (κ2) is 5.97. The van der Waals surface area contributed by atoms with E-state index in [2.05, 4.69) is 15.1 Å². The van der Waals surface area contributed by atoms with E-state index in [1.165, 1.54) is 23.7 Å². The highest BCUT2D eigenvalue weighted by Gasteiger charge is 2.30. The molecular formula is C16H13F3N4O3. The van der Waals surface area contributed by atoms with E-state index in [0.29, 0.717) is 5.56 Å². The number of benzene rings is 1. The Morgan fingerprint density at radius 1 is 1.27 bits per heavy atom. The van der Waals surface area contributed by atoms with Crippen molar-refractivity contribution in [2.75, 3.05) is 0 Å². The summed E-state index contributed by atoms with van der Waals surface area (Å²) < 4.78 is 39.3. The van der Waals surface area contributed by atoms with Gasteiger partial charge in [0.2, 0.25) is 0 Å². The van der Waals surface area contributed by atoms with Crippen LogP contribution in [0.25, 0.3) is 11.0 Å². The number of aromatic nitrogens is 4. The van der Waals surface area contributed by atoms with Gasteiger partial charge in [-0.3, -0.25) is 4.79 Å². The average Bonchev–Trinajstić information content (AvgIpc) is 2.93. The molecule has 0 aliphatic carbocycles. The second-order valence-corrected chi connectivity index (χ2v) is 5.74. The van der Waals surface area contributed by atoms with E-state index < -0.39 is 35.0 Å². The van der Waals surface area contributed by atoms with Crippen LogP contribution in [0.3, 0.4) is 0 Å². The predicted molar refractivity (Wildman–Crippen MR) is 85.1 cm³/mol. The van der Waals surface area contributed by atoms with Gasteiger partial charge in [-0.05, 0) is 31.5 Å². The Balaban J connectivity index is 2.16. The molecule has 2 N–H and O–H groups in total. The highest BCUT2D eigenvalue weighted by atomic mass is 19.4. The molecule has 0 amide bonds. The van der Waals surface area contributed by atoms with Gasteiger partial charge in [0.15, 0.2) is 11.3 Å². The third-order valence-corrected chi connectivity index (χ3v) is 3.97. The quantitative estimate of drug-likeness (QED) is 0.742. The molecule has 0 spiro atoms. The first-order chi connectivity index (χ1) is 12.1. The highest BCUT2D eigenvalue weighted by Crippen LogP contribution is 2.31. The number of fused-ring (bicyclic) bond motifs is 1. The number of H-pyrrole nitrogens is 1. The van der Waals surface area contributed by atoms with E-state index in [4.69, 9.17) is 0 Å². The largest absolute Gasteiger partial charge is 0.476 e. The van der Waals surface area contributed by atoms with Crippen molar-refractivity contribution in [3.8, 4) is 0 Å². The van der Waals surface area contributed by atoms with Crippen molar-refractivity contribution in [1.82, 2.24) is 19.7 Å².